The van der Waals surface area contributed by atoms with Gasteiger partial charge in [0.2, 0.25) is 0 Å². The average Bonchev–Trinajstić information content (AvgIpc) is 2.84. The number of hydrogen-bond acceptors (Lipinski definition) is 4. The van der Waals surface area contributed by atoms with Gasteiger partial charge in [0.25, 0.3) is 0 Å². The highest BCUT2D eigenvalue weighted by molar-refractivity contribution is 5.69. The second-order valence-electron chi connectivity index (χ2n) is 4.84. The molecule has 5 nitrogen and oxygen atoms in total. The highest BCUT2D eigenvalue weighted by Gasteiger charge is 2.09. The quantitative estimate of drug-likeness (QED) is 0.678. The summed E-state index contributed by atoms with van der Waals surface area (Å²) in [5, 5.41) is 4.54. The topological polar surface area (TPSA) is 47.4 Å². The molecule has 0 N–H and O–H groups in total. The molecule has 1 atom stereocenters. The second kappa shape index (κ2) is 7.94. The van der Waals surface area contributed by atoms with Gasteiger partial charge in [-0.15, -0.1) is 0 Å². The van der Waals surface area contributed by atoms with Crippen molar-refractivity contribution in [2.45, 2.75) is 46.2 Å². The van der Waals surface area contributed by atoms with Gasteiger partial charge in [-0.3, -0.25) is 14.4 Å². The molecule has 1 heterocycles. The van der Waals surface area contributed by atoms with Crippen LogP contribution < -0.4 is 0 Å². The van der Waals surface area contributed by atoms with Crippen molar-refractivity contribution in [3.05, 3.63) is 18.0 Å². The van der Waals surface area contributed by atoms with Crippen molar-refractivity contribution in [1.29, 1.82) is 0 Å². The van der Waals surface area contributed by atoms with E-state index in [1.54, 1.807) is 0 Å². The molecule has 0 saturated carbocycles. The largest absolute Gasteiger partial charge is 0.466 e. The van der Waals surface area contributed by atoms with Gasteiger partial charge in [-0.25, -0.2) is 0 Å². The number of aromatic nitrogens is 2. The van der Waals surface area contributed by atoms with Crippen LogP contribution in [0.2, 0.25) is 0 Å². The predicted molar refractivity (Wildman–Crippen MR) is 74.8 cm³/mol. The number of ether oxygens (including phenoxy) is 1. The third-order valence-corrected chi connectivity index (χ3v) is 3.14. The molecule has 0 amide bonds. The predicted octanol–water partition coefficient (Wildman–Crippen LogP) is 2.24. The van der Waals surface area contributed by atoms with E-state index in [1.807, 2.05) is 30.9 Å². The van der Waals surface area contributed by atoms with Crippen molar-refractivity contribution in [3.63, 3.8) is 0 Å². The van der Waals surface area contributed by atoms with Crippen LogP contribution >= 0.6 is 0 Å². The first-order chi connectivity index (χ1) is 9.06. The Bertz CT molecular complexity index is 390. The van der Waals surface area contributed by atoms with Gasteiger partial charge < -0.3 is 4.74 Å². The SMILES string of the molecule is CCOC(=O)CCN(C)Cc1ccn(C(C)CC)n1. The van der Waals surface area contributed by atoms with E-state index in [4.69, 9.17) is 4.74 Å². The van der Waals surface area contributed by atoms with Gasteiger partial charge in [0, 0.05) is 25.3 Å². The number of esters is 1. The van der Waals surface area contributed by atoms with Crippen LogP contribution in [0, 0.1) is 0 Å². The van der Waals surface area contributed by atoms with Gasteiger partial charge >= 0.3 is 5.97 Å². The molecule has 0 bridgehead atoms. The number of nitrogens with zero attached hydrogens (tertiary/aromatic N) is 3. The molecular formula is C14H25N3O2. The lowest BCUT2D eigenvalue weighted by Gasteiger charge is -2.14. The zero-order chi connectivity index (χ0) is 14.3. The minimum Gasteiger partial charge on any atom is -0.466 e. The van der Waals surface area contributed by atoms with Crippen LogP contribution in [-0.4, -0.2) is 40.8 Å². The van der Waals surface area contributed by atoms with Gasteiger partial charge in [0.05, 0.1) is 18.7 Å². The number of carbonyl (C=O) groups is 1. The van der Waals surface area contributed by atoms with Gasteiger partial charge in [-0.2, -0.15) is 5.10 Å². The summed E-state index contributed by atoms with van der Waals surface area (Å²) in [6.07, 6.45) is 3.51. The van der Waals surface area contributed by atoms with Crippen molar-refractivity contribution in [2.75, 3.05) is 20.2 Å². The van der Waals surface area contributed by atoms with E-state index in [9.17, 15) is 4.79 Å². The standard InChI is InChI=1S/C14H25N3O2/c1-5-12(3)17-10-7-13(15-17)11-16(4)9-8-14(18)19-6-2/h7,10,12H,5-6,8-9,11H2,1-4H3. The normalized spacial score (nSPS) is 12.7. The first kappa shape index (κ1) is 15.7. The molecule has 19 heavy (non-hydrogen) atoms. The molecule has 0 aromatic carbocycles. The molecular weight excluding hydrogens is 242 g/mol. The van der Waals surface area contributed by atoms with Crippen LogP contribution in [0.4, 0.5) is 0 Å². The van der Waals surface area contributed by atoms with Gasteiger partial charge in [-0.05, 0) is 33.4 Å². The van der Waals surface area contributed by atoms with Gasteiger partial charge in [0.15, 0.2) is 0 Å². The molecule has 0 fully saturated rings. The maximum Gasteiger partial charge on any atom is 0.307 e. The van der Waals surface area contributed by atoms with Gasteiger partial charge in [0.1, 0.15) is 0 Å². The van der Waals surface area contributed by atoms with Crippen molar-refractivity contribution in [1.82, 2.24) is 14.7 Å². The van der Waals surface area contributed by atoms with Crippen molar-refractivity contribution >= 4 is 5.97 Å². The molecule has 5 heteroatoms. The van der Waals surface area contributed by atoms with Crippen molar-refractivity contribution < 1.29 is 9.53 Å². The average molecular weight is 267 g/mol. The molecule has 0 aliphatic heterocycles. The summed E-state index contributed by atoms with van der Waals surface area (Å²) in [5.41, 5.74) is 1.03. The Kier molecular flexibility index (Phi) is 6.56. The smallest absolute Gasteiger partial charge is 0.307 e. The third kappa shape index (κ3) is 5.42. The van der Waals surface area contributed by atoms with E-state index in [1.165, 1.54) is 0 Å². The summed E-state index contributed by atoms with van der Waals surface area (Å²) in [7, 11) is 1.99. The zero-order valence-electron chi connectivity index (χ0n) is 12.4. The van der Waals surface area contributed by atoms with Crippen LogP contribution in [0.3, 0.4) is 0 Å². The lowest BCUT2D eigenvalue weighted by molar-refractivity contribution is -0.143. The first-order valence-electron chi connectivity index (χ1n) is 6.95. The molecule has 0 aliphatic carbocycles. The molecule has 1 aromatic rings. The van der Waals surface area contributed by atoms with Crippen LogP contribution in [0.15, 0.2) is 12.3 Å². The van der Waals surface area contributed by atoms with Crippen LogP contribution in [0.1, 0.15) is 45.3 Å². The molecule has 0 aliphatic rings. The fourth-order valence-electron chi connectivity index (χ4n) is 1.77. The van der Waals surface area contributed by atoms with E-state index in [-0.39, 0.29) is 5.97 Å². The highest BCUT2D eigenvalue weighted by Crippen LogP contribution is 2.10. The van der Waals surface area contributed by atoms with E-state index < -0.39 is 0 Å². The molecule has 1 aromatic heterocycles. The maximum absolute atomic E-state index is 11.3. The molecule has 1 unspecified atom stereocenters. The van der Waals surface area contributed by atoms with E-state index in [0.29, 0.717) is 25.6 Å². The zero-order valence-corrected chi connectivity index (χ0v) is 12.4. The van der Waals surface area contributed by atoms with E-state index >= 15 is 0 Å². The molecule has 0 radical (unpaired) electrons. The fourth-order valence-corrected chi connectivity index (χ4v) is 1.77. The lowest BCUT2D eigenvalue weighted by Crippen LogP contribution is -2.22. The summed E-state index contributed by atoms with van der Waals surface area (Å²) in [4.78, 5) is 13.3. The third-order valence-electron chi connectivity index (χ3n) is 3.14. The fraction of sp³-hybridized carbons (Fsp3) is 0.714. The first-order valence-corrected chi connectivity index (χ1v) is 6.95. The molecule has 1 rings (SSSR count). The Labute approximate surface area is 115 Å². The Morgan fingerprint density at radius 1 is 1.53 bits per heavy atom. The lowest BCUT2D eigenvalue weighted by atomic mass is 10.3. The molecule has 108 valence electrons. The number of carbonyl (C=O) groups excluding carboxylic acids is 1. The summed E-state index contributed by atoms with van der Waals surface area (Å²) in [6.45, 7) is 8.02. The van der Waals surface area contributed by atoms with Gasteiger partial charge in [-0.1, -0.05) is 6.92 Å². The monoisotopic (exact) mass is 267 g/mol. The second-order valence-corrected chi connectivity index (χ2v) is 4.84. The minimum absolute atomic E-state index is 0.139. The Balaban J connectivity index is 2.37. The highest BCUT2D eigenvalue weighted by atomic mass is 16.5. The molecule has 0 saturated heterocycles. The van der Waals surface area contributed by atoms with E-state index in [0.717, 1.165) is 18.7 Å². The molecule has 0 spiro atoms. The maximum atomic E-state index is 11.3. The Morgan fingerprint density at radius 3 is 2.89 bits per heavy atom. The minimum atomic E-state index is -0.139. The Morgan fingerprint density at radius 2 is 2.26 bits per heavy atom. The summed E-state index contributed by atoms with van der Waals surface area (Å²) < 4.78 is 6.90. The van der Waals surface area contributed by atoms with Crippen LogP contribution in [-0.2, 0) is 16.1 Å². The van der Waals surface area contributed by atoms with Crippen LogP contribution in [0.25, 0.3) is 0 Å². The van der Waals surface area contributed by atoms with Crippen molar-refractivity contribution in [3.8, 4) is 0 Å². The number of hydrogen-bond donors (Lipinski definition) is 0. The summed E-state index contributed by atoms with van der Waals surface area (Å²) in [5.74, 6) is -0.139. The van der Waals surface area contributed by atoms with E-state index in [2.05, 4.69) is 23.8 Å². The van der Waals surface area contributed by atoms with Crippen LogP contribution in [0.5, 0.6) is 0 Å². The Hall–Kier alpha value is -1.36. The number of rotatable bonds is 8. The summed E-state index contributed by atoms with van der Waals surface area (Å²) >= 11 is 0. The van der Waals surface area contributed by atoms with Crippen molar-refractivity contribution in [2.24, 2.45) is 0 Å². The summed E-state index contributed by atoms with van der Waals surface area (Å²) in [6, 6.07) is 2.46.